The topological polar surface area (TPSA) is 132 Å². The number of hydrogen-bond donors (Lipinski definition) is 4. The third-order valence-electron chi connectivity index (χ3n) is 10.4. The van der Waals surface area contributed by atoms with Gasteiger partial charge in [0.1, 0.15) is 0 Å². The van der Waals surface area contributed by atoms with Gasteiger partial charge in [-0.2, -0.15) is 0 Å². The Morgan fingerprint density at radius 2 is 1.48 bits per heavy atom. The van der Waals surface area contributed by atoms with Gasteiger partial charge in [-0.25, -0.2) is 4.98 Å². The molecular formula is C38H40N4O4. The van der Waals surface area contributed by atoms with E-state index >= 15 is 0 Å². The quantitative estimate of drug-likeness (QED) is 0.211. The largest absolute Gasteiger partial charge is 0.481 e. The number of nitrogens with one attached hydrogen (secondary N) is 2. The smallest absolute Gasteiger partial charge is 0.303 e. The summed E-state index contributed by atoms with van der Waals surface area (Å²) < 4.78 is 0. The Balaban J connectivity index is 1.77. The van der Waals surface area contributed by atoms with Crippen LogP contribution in [0.3, 0.4) is 0 Å². The van der Waals surface area contributed by atoms with Crippen LogP contribution in [-0.2, 0) is 21.4 Å². The van der Waals surface area contributed by atoms with Crippen molar-refractivity contribution >= 4 is 56.8 Å². The second-order valence-corrected chi connectivity index (χ2v) is 12.9. The van der Waals surface area contributed by atoms with Gasteiger partial charge in [0.25, 0.3) is 0 Å². The van der Waals surface area contributed by atoms with E-state index in [-0.39, 0.29) is 24.2 Å². The molecule has 0 amide bonds. The van der Waals surface area contributed by atoms with Crippen LogP contribution in [0.15, 0.2) is 48.6 Å². The predicted octanol–water partition coefficient (Wildman–Crippen LogP) is 8.32. The van der Waals surface area contributed by atoms with Crippen LogP contribution in [0.1, 0.15) is 92.0 Å². The zero-order valence-corrected chi connectivity index (χ0v) is 27.3. The molecular weight excluding hydrogens is 576 g/mol. The number of carbonyl (C=O) groups is 2. The Bertz CT molecular complexity index is 2110. The zero-order chi connectivity index (χ0) is 33.1. The molecule has 0 saturated carbocycles. The van der Waals surface area contributed by atoms with Crippen molar-refractivity contribution in [3.63, 3.8) is 0 Å². The van der Waals surface area contributed by atoms with Gasteiger partial charge in [0.2, 0.25) is 0 Å². The molecule has 0 radical (unpaired) electrons. The minimum Gasteiger partial charge on any atom is -0.481 e. The lowest BCUT2D eigenvalue weighted by Gasteiger charge is -2.36. The number of rotatable bonds is 7. The van der Waals surface area contributed by atoms with Crippen molar-refractivity contribution in [1.82, 2.24) is 19.9 Å². The summed E-state index contributed by atoms with van der Waals surface area (Å²) in [6.07, 6.45) is 6.83. The van der Waals surface area contributed by atoms with Gasteiger partial charge in [0.15, 0.2) is 0 Å². The summed E-state index contributed by atoms with van der Waals surface area (Å²) in [7, 11) is 0. The maximum absolute atomic E-state index is 11.7. The molecule has 0 unspecified atom stereocenters. The minimum absolute atomic E-state index is 0.0184. The fourth-order valence-corrected chi connectivity index (χ4v) is 7.19. The first-order valence-electron chi connectivity index (χ1n) is 15.7. The Morgan fingerprint density at radius 3 is 2.17 bits per heavy atom. The monoisotopic (exact) mass is 616 g/mol. The number of allylic oxidation sites excluding steroid dienone is 6. The number of hydrogen-bond acceptors (Lipinski definition) is 4. The number of carboxylic acids is 2. The highest BCUT2D eigenvalue weighted by Crippen LogP contribution is 2.51. The Kier molecular flexibility index (Phi) is 7.71. The maximum atomic E-state index is 11.7. The molecule has 4 N–H and O–H groups in total. The maximum Gasteiger partial charge on any atom is 0.303 e. The van der Waals surface area contributed by atoms with Crippen LogP contribution in [0.5, 0.6) is 0 Å². The van der Waals surface area contributed by atoms with E-state index in [0.29, 0.717) is 18.5 Å². The van der Waals surface area contributed by atoms with Gasteiger partial charge in [-0.3, -0.25) is 14.6 Å². The van der Waals surface area contributed by atoms with E-state index in [9.17, 15) is 19.8 Å². The van der Waals surface area contributed by atoms with Crippen LogP contribution in [0.2, 0.25) is 0 Å². The number of aromatic amines is 2. The van der Waals surface area contributed by atoms with Crippen LogP contribution in [0, 0.1) is 19.8 Å². The van der Waals surface area contributed by atoms with Gasteiger partial charge in [-0.05, 0) is 111 Å². The number of nitrogens with zero attached hydrogens (tertiary/aromatic N) is 2. The van der Waals surface area contributed by atoms with Crippen molar-refractivity contribution < 1.29 is 19.8 Å². The molecule has 0 aromatic carbocycles. The molecule has 0 fully saturated rings. The first-order chi connectivity index (χ1) is 21.8. The molecule has 6 rings (SSSR count). The minimum atomic E-state index is -0.878. The van der Waals surface area contributed by atoms with Crippen LogP contribution in [0.4, 0.5) is 0 Å². The molecule has 46 heavy (non-hydrogen) atoms. The molecule has 3 aromatic rings. The number of fused-ring (bicyclic) bond motifs is 11. The van der Waals surface area contributed by atoms with Gasteiger partial charge in [0, 0.05) is 45.9 Å². The molecule has 236 valence electrons. The Morgan fingerprint density at radius 1 is 0.848 bits per heavy atom. The SMILES string of the molecule is C=Cc1c(C)c2cc3nc(cc4[nH]c(cc5nc(cc1[nH]2)C(C)=C5CCC(=O)O)c(CCC(=O)O)c4C)[C@@]1(C)C3=CC=C(C)[C@H]1C. The van der Waals surface area contributed by atoms with Gasteiger partial charge < -0.3 is 20.2 Å². The molecule has 8 bridgehead atoms. The second-order valence-electron chi connectivity index (χ2n) is 12.9. The van der Waals surface area contributed by atoms with Gasteiger partial charge in [0.05, 0.1) is 22.8 Å². The standard InChI is InChI=1S/C38H40N4O4/c1-8-24-20(3)29-16-34-27-12-9-19(2)23(6)38(27,7)35(42-34)18-30-22(5)26(11-14-37(45)46)33(41-30)17-32-25(10-13-36(43)44)21(4)28(40-32)15-31(24)39-29/h8-9,12,15-18,23,39,41H,1,10-11,13-14H2,2-7H3,(H,43,44)(H,45,46)/t23-,38-/m1/s1. The molecule has 0 saturated heterocycles. The highest BCUT2D eigenvalue weighted by Gasteiger charge is 2.45. The van der Waals surface area contributed by atoms with E-state index < -0.39 is 11.9 Å². The van der Waals surface area contributed by atoms with Crippen molar-refractivity contribution in [2.45, 2.75) is 72.6 Å². The summed E-state index contributed by atoms with van der Waals surface area (Å²) in [6, 6.07) is 8.18. The van der Waals surface area contributed by atoms with Gasteiger partial charge in [-0.1, -0.05) is 37.3 Å². The second kappa shape index (κ2) is 11.4. The fraction of sp³-hybridized carbons (Fsp3) is 0.316. The summed E-state index contributed by atoms with van der Waals surface area (Å²) >= 11 is 0. The van der Waals surface area contributed by atoms with Crippen LogP contribution >= 0.6 is 0 Å². The molecule has 2 atom stereocenters. The van der Waals surface area contributed by atoms with E-state index in [2.05, 4.69) is 68.5 Å². The summed E-state index contributed by atoms with van der Waals surface area (Å²) in [4.78, 5) is 40.8. The zero-order valence-electron chi connectivity index (χ0n) is 27.3. The third-order valence-corrected chi connectivity index (χ3v) is 10.4. The molecule has 0 spiro atoms. The average molecular weight is 617 g/mol. The summed E-state index contributed by atoms with van der Waals surface area (Å²) in [6.45, 7) is 16.8. The normalized spacial score (nSPS) is 19.0. The number of aromatic nitrogens is 4. The lowest BCUT2D eigenvalue weighted by atomic mass is 9.65. The van der Waals surface area contributed by atoms with Crippen molar-refractivity contribution in [1.29, 1.82) is 0 Å². The average Bonchev–Trinajstić information content (AvgIpc) is 3.65. The molecule has 1 aliphatic carbocycles. The van der Waals surface area contributed by atoms with E-state index in [1.165, 1.54) is 5.57 Å². The van der Waals surface area contributed by atoms with Crippen LogP contribution in [-0.4, -0.2) is 42.1 Å². The summed E-state index contributed by atoms with van der Waals surface area (Å²) in [5, 5.41) is 19.1. The van der Waals surface area contributed by atoms with Crippen molar-refractivity contribution in [2.75, 3.05) is 0 Å². The number of aliphatic carboxylic acids is 2. The summed E-state index contributed by atoms with van der Waals surface area (Å²) in [5.74, 6) is -1.55. The third kappa shape index (κ3) is 5.02. The van der Waals surface area contributed by atoms with Crippen molar-refractivity contribution in [3.8, 4) is 0 Å². The fourth-order valence-electron chi connectivity index (χ4n) is 7.19. The van der Waals surface area contributed by atoms with Gasteiger partial charge >= 0.3 is 11.9 Å². The van der Waals surface area contributed by atoms with E-state index in [4.69, 9.17) is 9.97 Å². The van der Waals surface area contributed by atoms with Gasteiger partial charge in [-0.15, -0.1) is 0 Å². The van der Waals surface area contributed by atoms with Crippen LogP contribution < -0.4 is 0 Å². The van der Waals surface area contributed by atoms with E-state index in [1.54, 1.807) is 0 Å². The molecule has 3 aromatic heterocycles. The molecule has 8 heteroatoms. The predicted molar refractivity (Wildman–Crippen MR) is 184 cm³/mol. The first kappa shape index (κ1) is 31.0. The number of H-pyrrole nitrogens is 2. The Hall–Kier alpha value is -4.98. The lowest BCUT2D eigenvalue weighted by Crippen LogP contribution is -2.31. The summed E-state index contributed by atoms with van der Waals surface area (Å²) in [5.41, 5.74) is 14.4. The molecule has 2 aliphatic heterocycles. The van der Waals surface area contributed by atoms with Crippen molar-refractivity contribution in [3.05, 3.63) is 93.6 Å². The molecule has 3 aliphatic rings. The highest BCUT2D eigenvalue weighted by atomic mass is 16.4. The van der Waals surface area contributed by atoms with Crippen LogP contribution in [0.25, 0.3) is 44.9 Å². The van der Waals surface area contributed by atoms with E-state index in [0.717, 1.165) is 78.1 Å². The van der Waals surface area contributed by atoms with Crippen molar-refractivity contribution in [2.24, 2.45) is 5.92 Å². The number of aryl methyl sites for hydroxylation is 3. The van der Waals surface area contributed by atoms with E-state index in [1.807, 2.05) is 32.1 Å². The molecule has 5 heterocycles. The Labute approximate surface area is 268 Å². The highest BCUT2D eigenvalue weighted by molar-refractivity contribution is 5.94. The molecule has 8 nitrogen and oxygen atoms in total. The number of carboxylic acid groups (broad SMARTS) is 2. The lowest BCUT2D eigenvalue weighted by molar-refractivity contribution is -0.137. The first-order valence-corrected chi connectivity index (χ1v) is 15.7.